The minimum atomic E-state index is -1.19. The minimum absolute atomic E-state index is 0.0931. The van der Waals surface area contributed by atoms with E-state index in [0.717, 1.165) is 6.21 Å². The number of methoxy groups -OCH3 is 2. The molecular formula is C11H13NO5. The van der Waals surface area contributed by atoms with Gasteiger partial charge in [0.1, 0.15) is 12.6 Å². The van der Waals surface area contributed by atoms with Crippen LogP contribution in [0.1, 0.15) is 15.9 Å². The van der Waals surface area contributed by atoms with Gasteiger partial charge in [0.15, 0.2) is 17.7 Å². The summed E-state index contributed by atoms with van der Waals surface area (Å²) in [5.74, 6) is -0.792. The molecule has 0 saturated heterocycles. The molecule has 17 heavy (non-hydrogen) atoms. The van der Waals surface area contributed by atoms with E-state index < -0.39 is 5.97 Å². The molecule has 6 heteroatoms. The van der Waals surface area contributed by atoms with Crippen LogP contribution in [0.2, 0.25) is 0 Å². The molecular weight excluding hydrogens is 226 g/mol. The van der Waals surface area contributed by atoms with Gasteiger partial charge in [-0.15, -0.1) is 0 Å². The zero-order valence-electron chi connectivity index (χ0n) is 9.76. The van der Waals surface area contributed by atoms with Crippen LogP contribution in [0.3, 0.4) is 0 Å². The van der Waals surface area contributed by atoms with E-state index in [4.69, 9.17) is 14.6 Å². The van der Waals surface area contributed by atoms with Crippen molar-refractivity contribution < 1.29 is 24.1 Å². The summed E-state index contributed by atoms with van der Waals surface area (Å²) < 4.78 is 10.5. The van der Waals surface area contributed by atoms with Crippen molar-refractivity contribution in [1.82, 2.24) is 0 Å². The fourth-order valence-electron chi connectivity index (χ4n) is 1.47. The first-order valence-electron chi connectivity index (χ1n) is 4.74. The molecule has 0 radical (unpaired) electrons. The number of carboxylic acid groups (broad SMARTS) is 1. The van der Waals surface area contributed by atoms with Crippen molar-refractivity contribution in [3.8, 4) is 11.5 Å². The minimum Gasteiger partial charge on any atom is -0.624 e. The number of hydrogen-bond donors (Lipinski definition) is 1. The van der Waals surface area contributed by atoms with Crippen LogP contribution < -0.4 is 9.47 Å². The summed E-state index contributed by atoms with van der Waals surface area (Å²) in [4.78, 5) is 11.2. The predicted molar refractivity (Wildman–Crippen MR) is 61.2 cm³/mol. The lowest BCUT2D eigenvalue weighted by Crippen LogP contribution is -2.09. The molecule has 0 bridgehead atoms. The second kappa shape index (κ2) is 5.20. The summed E-state index contributed by atoms with van der Waals surface area (Å²) in [7, 11) is 4.02. The molecule has 0 aliphatic heterocycles. The van der Waals surface area contributed by atoms with Gasteiger partial charge in [0, 0.05) is 0 Å². The molecule has 0 amide bonds. The van der Waals surface area contributed by atoms with Gasteiger partial charge in [-0.05, 0) is 12.1 Å². The lowest BCUT2D eigenvalue weighted by atomic mass is 10.1. The molecule has 1 rings (SSSR count). The van der Waals surface area contributed by atoms with E-state index in [0.29, 0.717) is 10.5 Å². The fraction of sp³-hybridized carbons (Fsp3) is 0.273. The highest BCUT2D eigenvalue weighted by atomic mass is 16.5. The Morgan fingerprint density at radius 3 is 2.47 bits per heavy atom. The summed E-state index contributed by atoms with van der Waals surface area (Å²) in [6.07, 6.45) is 1.16. The van der Waals surface area contributed by atoms with Crippen LogP contribution in [0.5, 0.6) is 11.5 Å². The molecule has 0 atom stereocenters. The maximum atomic E-state index is 11.2. The molecule has 1 aromatic rings. The molecule has 0 spiro atoms. The van der Waals surface area contributed by atoms with Gasteiger partial charge in [-0.2, -0.15) is 0 Å². The highest BCUT2D eigenvalue weighted by Gasteiger charge is 2.21. The van der Waals surface area contributed by atoms with Crippen molar-refractivity contribution in [2.75, 3.05) is 21.3 Å². The van der Waals surface area contributed by atoms with Crippen LogP contribution in [-0.2, 0) is 0 Å². The Kier molecular flexibility index (Phi) is 3.92. The van der Waals surface area contributed by atoms with Crippen molar-refractivity contribution in [2.45, 2.75) is 0 Å². The van der Waals surface area contributed by atoms with Crippen LogP contribution in [-0.4, -0.2) is 43.3 Å². The number of hydroxylamine groups is 1. The number of rotatable bonds is 4. The number of hydrogen-bond acceptors (Lipinski definition) is 4. The molecule has 1 aromatic carbocycles. The third kappa shape index (κ3) is 2.66. The molecule has 1 N–H and O–H groups in total. The van der Waals surface area contributed by atoms with E-state index in [-0.39, 0.29) is 16.9 Å². The maximum absolute atomic E-state index is 11.2. The summed E-state index contributed by atoms with van der Waals surface area (Å²) in [5, 5.41) is 20.1. The van der Waals surface area contributed by atoms with Crippen molar-refractivity contribution in [3.05, 3.63) is 28.5 Å². The lowest BCUT2D eigenvalue weighted by molar-refractivity contribution is -0.416. The van der Waals surface area contributed by atoms with Gasteiger partial charge in [-0.3, -0.25) is 0 Å². The van der Waals surface area contributed by atoms with Gasteiger partial charge in [-0.25, -0.2) is 9.53 Å². The molecule has 0 aromatic heterocycles. The van der Waals surface area contributed by atoms with E-state index in [9.17, 15) is 10.0 Å². The number of carboxylic acids is 1. The summed E-state index contributed by atoms with van der Waals surface area (Å²) in [5.41, 5.74) is 0.155. The molecule has 0 unspecified atom stereocenters. The van der Waals surface area contributed by atoms with E-state index in [1.54, 1.807) is 6.07 Å². The fourth-order valence-corrected chi connectivity index (χ4v) is 1.47. The smallest absolute Gasteiger partial charge is 0.340 e. The van der Waals surface area contributed by atoms with E-state index in [1.165, 1.54) is 27.3 Å². The zero-order chi connectivity index (χ0) is 13.0. The van der Waals surface area contributed by atoms with Crippen LogP contribution in [0.4, 0.5) is 0 Å². The van der Waals surface area contributed by atoms with Gasteiger partial charge < -0.3 is 19.8 Å². The first kappa shape index (κ1) is 12.8. The number of aromatic carboxylic acids is 1. The third-order valence-electron chi connectivity index (χ3n) is 2.11. The highest BCUT2D eigenvalue weighted by molar-refractivity contribution is 6.00. The number of benzene rings is 1. The zero-order valence-corrected chi connectivity index (χ0v) is 9.76. The van der Waals surface area contributed by atoms with Crippen molar-refractivity contribution in [2.24, 2.45) is 0 Å². The Hall–Kier alpha value is -2.24. The summed E-state index contributed by atoms with van der Waals surface area (Å²) >= 11 is 0. The quantitative estimate of drug-likeness (QED) is 0.366. The maximum Gasteiger partial charge on any atom is 0.340 e. The van der Waals surface area contributed by atoms with Gasteiger partial charge in [0.25, 0.3) is 0 Å². The number of nitrogens with zero attached hydrogens (tertiary/aromatic N) is 1. The number of ether oxygens (including phenoxy) is 2. The second-order valence-corrected chi connectivity index (χ2v) is 3.25. The second-order valence-electron chi connectivity index (χ2n) is 3.25. The average Bonchev–Trinajstić information content (AvgIpc) is 2.26. The van der Waals surface area contributed by atoms with Crippen molar-refractivity contribution in [3.63, 3.8) is 0 Å². The summed E-state index contributed by atoms with van der Waals surface area (Å²) in [6.45, 7) is 0. The van der Waals surface area contributed by atoms with Crippen LogP contribution in [0, 0.1) is 5.21 Å². The number of carbonyl (C=O) groups is 1. The standard InChI is InChI=1S/C11H13NO5/c1-12(15)6-7-4-5-8(16-2)10(17-3)9(7)11(13)14/h4-6H,1-3H3,(H,13,14)/b12-6-. The van der Waals surface area contributed by atoms with E-state index >= 15 is 0 Å². The topological polar surface area (TPSA) is 81.8 Å². The highest BCUT2D eigenvalue weighted by Crippen LogP contribution is 2.32. The Morgan fingerprint density at radius 2 is 2.06 bits per heavy atom. The van der Waals surface area contributed by atoms with Crippen LogP contribution in [0.25, 0.3) is 0 Å². The normalized spacial score (nSPS) is 11.1. The predicted octanol–water partition coefficient (Wildman–Crippen LogP) is 0.961. The van der Waals surface area contributed by atoms with Gasteiger partial charge >= 0.3 is 5.97 Å². The Labute approximate surface area is 98.3 Å². The average molecular weight is 239 g/mol. The molecule has 6 nitrogen and oxygen atoms in total. The SMILES string of the molecule is COc1ccc(/C=[N+](/C)[O-])c(C(=O)O)c1OC. The van der Waals surface area contributed by atoms with Crippen molar-refractivity contribution >= 4 is 12.2 Å². The van der Waals surface area contributed by atoms with Crippen LogP contribution >= 0.6 is 0 Å². The first-order chi connectivity index (χ1) is 8.01. The lowest BCUT2D eigenvalue weighted by Gasteiger charge is -2.11. The van der Waals surface area contributed by atoms with E-state index in [2.05, 4.69) is 0 Å². The Bertz CT molecular complexity index is 463. The summed E-state index contributed by atoms with van der Waals surface area (Å²) in [6, 6.07) is 3.03. The first-order valence-corrected chi connectivity index (χ1v) is 4.74. The molecule has 0 fully saturated rings. The monoisotopic (exact) mass is 239 g/mol. The molecule has 0 aliphatic rings. The van der Waals surface area contributed by atoms with E-state index in [1.807, 2.05) is 0 Å². The Morgan fingerprint density at radius 1 is 1.41 bits per heavy atom. The van der Waals surface area contributed by atoms with Gasteiger partial charge in [0.05, 0.1) is 19.8 Å². The van der Waals surface area contributed by atoms with Gasteiger partial charge in [0.2, 0.25) is 0 Å². The van der Waals surface area contributed by atoms with Crippen molar-refractivity contribution in [1.29, 1.82) is 0 Å². The third-order valence-corrected chi connectivity index (χ3v) is 2.11. The molecule has 0 aliphatic carbocycles. The van der Waals surface area contributed by atoms with Crippen LogP contribution in [0.15, 0.2) is 12.1 Å². The largest absolute Gasteiger partial charge is 0.624 e. The Balaban J connectivity index is 3.53. The molecule has 0 heterocycles. The molecule has 0 saturated carbocycles. The van der Waals surface area contributed by atoms with Gasteiger partial charge in [-0.1, -0.05) is 0 Å². The molecule has 92 valence electrons.